The van der Waals surface area contributed by atoms with Crippen LogP contribution in [-0.4, -0.2) is 111 Å². The van der Waals surface area contributed by atoms with E-state index in [0.29, 0.717) is 43.1 Å². The van der Waals surface area contributed by atoms with Gasteiger partial charge in [0.25, 0.3) is 5.91 Å². The summed E-state index contributed by atoms with van der Waals surface area (Å²) in [6, 6.07) is 12.2. The average molecular weight is 523 g/mol. The second-order valence-electron chi connectivity index (χ2n) is 10.3. The van der Waals surface area contributed by atoms with Crippen LogP contribution in [0.4, 0.5) is 5.69 Å². The Labute approximate surface area is 240 Å². The number of hydrogen-bond acceptors (Lipinski definition) is 7. The third kappa shape index (κ3) is 4.16. The molecule has 3 heterocycles. The number of nitrogens with zero attached hydrogens (tertiary/aromatic N) is 2. The van der Waals surface area contributed by atoms with Crippen LogP contribution in [0.3, 0.4) is 0 Å². The van der Waals surface area contributed by atoms with Crippen LogP contribution < -0.4 is 10.6 Å². The molecule has 2 atom stereocenters. The Balaban J connectivity index is 1.43. The quantitative estimate of drug-likeness (QED) is 0.306. The van der Waals surface area contributed by atoms with Gasteiger partial charge < -0.3 is 20.1 Å². The minimum atomic E-state index is -2.52. The molecule has 3 amide bonds. The molecule has 15 heteroatoms. The zero-order chi connectivity index (χ0) is 29.1. The molecule has 3 N–H and O–H groups in total. The van der Waals surface area contributed by atoms with E-state index >= 15 is 0 Å². The van der Waals surface area contributed by atoms with Crippen molar-refractivity contribution < 1.29 is 24.2 Å². The SMILES string of the molecule is [B]C(O)(c1ccccc1CNc1cccc2c1CN(C1([B])C(=O)NC(=O)C([B])([B])C1([B])[B])C2=O)N1CCOCC1. The fraction of sp³-hybridized carbons (Fsp3) is 0.400. The monoisotopic (exact) mass is 524 g/mol. The first-order valence-electron chi connectivity index (χ1n) is 12.6. The summed E-state index contributed by atoms with van der Waals surface area (Å²) in [4.78, 5) is 41.5. The van der Waals surface area contributed by atoms with E-state index in [2.05, 4.69) is 5.32 Å². The van der Waals surface area contributed by atoms with Gasteiger partial charge in [0.2, 0.25) is 11.8 Å². The average Bonchev–Trinajstić information content (AvgIpc) is 3.28. The highest BCUT2D eigenvalue weighted by atomic mass is 16.5. The Morgan fingerprint density at radius 1 is 0.975 bits per heavy atom. The van der Waals surface area contributed by atoms with Crippen LogP contribution in [0.25, 0.3) is 0 Å². The summed E-state index contributed by atoms with van der Waals surface area (Å²) in [5.41, 5.74) is -1.66. The van der Waals surface area contributed by atoms with Crippen molar-refractivity contribution in [3.8, 4) is 0 Å². The minimum Gasteiger partial charge on any atom is -0.381 e. The van der Waals surface area contributed by atoms with Crippen molar-refractivity contribution in [2.75, 3.05) is 31.6 Å². The van der Waals surface area contributed by atoms with Crippen LogP contribution in [-0.2, 0) is 33.0 Å². The number of anilines is 1. The van der Waals surface area contributed by atoms with Gasteiger partial charge in [-0.25, -0.2) is 0 Å². The van der Waals surface area contributed by atoms with Crippen molar-refractivity contribution in [2.45, 2.75) is 34.6 Å². The molecule has 9 nitrogen and oxygen atoms in total. The van der Waals surface area contributed by atoms with Gasteiger partial charge in [-0.1, -0.05) is 35.5 Å². The number of benzene rings is 2. The maximum atomic E-state index is 13.5. The first kappa shape index (κ1) is 28.6. The number of aliphatic hydroxyl groups is 1. The van der Waals surface area contributed by atoms with E-state index in [1.807, 2.05) is 17.4 Å². The summed E-state index contributed by atoms with van der Waals surface area (Å²) >= 11 is 0. The summed E-state index contributed by atoms with van der Waals surface area (Å²) in [5, 5.41) is 11.6. The van der Waals surface area contributed by atoms with Crippen LogP contribution in [0.2, 0.25) is 10.4 Å². The van der Waals surface area contributed by atoms with Crippen LogP contribution in [0.15, 0.2) is 42.5 Å². The second-order valence-corrected chi connectivity index (χ2v) is 10.3. The predicted molar refractivity (Wildman–Crippen MR) is 152 cm³/mol. The van der Waals surface area contributed by atoms with Crippen molar-refractivity contribution in [2.24, 2.45) is 0 Å². The molecule has 40 heavy (non-hydrogen) atoms. The Kier molecular flexibility index (Phi) is 7.08. The maximum Gasteiger partial charge on any atom is 0.254 e. The van der Waals surface area contributed by atoms with Gasteiger partial charge >= 0.3 is 0 Å². The zero-order valence-corrected chi connectivity index (χ0v) is 21.7. The molecule has 2 aromatic rings. The number of fused-ring (bicyclic) bond motifs is 1. The third-order valence-corrected chi connectivity index (χ3v) is 8.03. The fourth-order valence-corrected chi connectivity index (χ4v) is 5.42. The summed E-state index contributed by atoms with van der Waals surface area (Å²) in [5.74, 6) is -2.87. The lowest BCUT2D eigenvalue weighted by Crippen LogP contribution is -2.75. The smallest absolute Gasteiger partial charge is 0.254 e. The van der Waals surface area contributed by atoms with E-state index in [-0.39, 0.29) is 18.7 Å². The number of rotatable bonds is 6. The first-order valence-corrected chi connectivity index (χ1v) is 12.6. The number of hydrogen-bond donors (Lipinski definition) is 3. The lowest BCUT2D eigenvalue weighted by molar-refractivity contribution is -0.140. The zero-order valence-electron chi connectivity index (χ0n) is 21.7. The molecular formula is C25H22B6N4O5. The van der Waals surface area contributed by atoms with Gasteiger partial charge in [-0.15, -0.1) is 0 Å². The van der Waals surface area contributed by atoms with Gasteiger partial charge in [0, 0.05) is 43.0 Å². The van der Waals surface area contributed by atoms with Gasteiger partial charge in [0.05, 0.1) is 55.7 Å². The molecule has 190 valence electrons. The summed E-state index contributed by atoms with van der Waals surface area (Å²) in [6.45, 7) is 1.90. The van der Waals surface area contributed by atoms with Crippen molar-refractivity contribution in [1.29, 1.82) is 0 Å². The van der Waals surface area contributed by atoms with E-state index in [1.165, 1.54) is 0 Å². The molecule has 5 rings (SSSR count). The van der Waals surface area contributed by atoms with E-state index in [9.17, 15) is 19.5 Å². The van der Waals surface area contributed by atoms with Gasteiger partial charge in [0.1, 0.15) is 15.7 Å². The van der Waals surface area contributed by atoms with Gasteiger partial charge in [-0.05, 0) is 28.5 Å². The number of imide groups is 1. The Morgan fingerprint density at radius 3 is 2.35 bits per heavy atom. The standard InChI is InChI=1S/C25H22B6N4O5/c26-22(27)20(37)33-21(38)23(28,25(22,30)31)35-13-16-15(19(35)36)5-3-7-18(16)32-12-14-4-1-2-6-17(14)24(29,39)34-8-10-40-11-9-34/h1-7,32,39H,8-13H2,(H,33,37,38). The maximum absolute atomic E-state index is 13.5. The van der Waals surface area contributed by atoms with E-state index in [1.54, 1.807) is 35.2 Å². The minimum absolute atomic E-state index is 0.183. The summed E-state index contributed by atoms with van der Waals surface area (Å²) in [6.07, 6.45) is 0. The lowest BCUT2D eigenvalue weighted by Gasteiger charge is -2.60. The van der Waals surface area contributed by atoms with Gasteiger partial charge in [-0.2, -0.15) is 0 Å². The van der Waals surface area contributed by atoms with Crippen molar-refractivity contribution >= 4 is 70.5 Å². The van der Waals surface area contributed by atoms with Crippen LogP contribution in [0.5, 0.6) is 0 Å². The lowest BCUT2D eigenvalue weighted by atomic mass is 9.21. The molecule has 2 aromatic carbocycles. The highest BCUT2D eigenvalue weighted by Crippen LogP contribution is 2.55. The number of morpholine rings is 1. The van der Waals surface area contributed by atoms with Gasteiger partial charge in [0.15, 0.2) is 0 Å². The first-order chi connectivity index (χ1) is 18.7. The van der Waals surface area contributed by atoms with Crippen molar-refractivity contribution in [1.82, 2.24) is 15.1 Å². The van der Waals surface area contributed by atoms with Crippen LogP contribution in [0, 0.1) is 0 Å². The highest BCUT2D eigenvalue weighted by molar-refractivity contribution is 6.66. The molecule has 0 aliphatic carbocycles. The number of piperidine rings is 1. The molecule has 0 aromatic heterocycles. The van der Waals surface area contributed by atoms with Crippen molar-refractivity contribution in [3.05, 3.63) is 64.7 Å². The van der Waals surface area contributed by atoms with E-state index < -0.39 is 39.2 Å². The molecule has 3 aliphatic heterocycles. The van der Waals surface area contributed by atoms with Crippen molar-refractivity contribution in [3.63, 3.8) is 0 Å². The number of nitrogens with one attached hydrogen (secondary N) is 2. The van der Waals surface area contributed by atoms with Gasteiger partial charge in [-0.3, -0.25) is 24.6 Å². The van der Waals surface area contributed by atoms with Crippen LogP contribution in [0.1, 0.15) is 27.0 Å². The molecule has 0 saturated carbocycles. The number of carbonyl (C=O) groups is 3. The Hall–Kier alpha value is -2.88. The molecule has 2 fully saturated rings. The fourth-order valence-electron chi connectivity index (χ4n) is 5.42. The third-order valence-electron chi connectivity index (χ3n) is 8.03. The number of ether oxygens (including phenoxy) is 1. The molecule has 3 aliphatic rings. The summed E-state index contributed by atoms with van der Waals surface area (Å²) < 4.78 is 5.38. The number of amides is 3. The molecule has 2 unspecified atom stereocenters. The Bertz CT molecular complexity index is 1380. The number of carbonyl (C=O) groups excluding carboxylic acids is 3. The Morgan fingerprint density at radius 2 is 1.65 bits per heavy atom. The molecule has 0 bridgehead atoms. The molecular weight excluding hydrogens is 501 g/mol. The second kappa shape index (κ2) is 9.89. The summed E-state index contributed by atoms with van der Waals surface area (Å²) in [7, 11) is 36.9. The normalized spacial score (nSPS) is 25.6. The predicted octanol–water partition coefficient (Wildman–Crippen LogP) is -1.71. The molecule has 12 radical (unpaired) electrons. The van der Waals surface area contributed by atoms with E-state index in [0.717, 1.165) is 10.5 Å². The topological polar surface area (TPSA) is 111 Å². The van der Waals surface area contributed by atoms with E-state index in [4.69, 9.17) is 51.8 Å². The highest BCUT2D eigenvalue weighted by Gasteiger charge is 2.63. The largest absolute Gasteiger partial charge is 0.381 e. The molecule has 0 spiro atoms. The van der Waals surface area contributed by atoms with Crippen LogP contribution >= 0.6 is 0 Å². The molecule has 2 saturated heterocycles.